The Hall–Kier alpha value is -0.540. The van der Waals surface area contributed by atoms with Gasteiger partial charge < -0.3 is 9.47 Å². The fourth-order valence-corrected chi connectivity index (χ4v) is 1.98. The molecule has 2 rings (SSSR count). The van der Waals surface area contributed by atoms with Crippen LogP contribution in [0.2, 0.25) is 10.0 Å². The van der Waals surface area contributed by atoms with Crippen LogP contribution in [-0.2, 0) is 9.47 Å². The molecule has 4 heteroatoms. The average Bonchev–Trinajstić information content (AvgIpc) is 2.69. The van der Waals surface area contributed by atoms with E-state index >= 15 is 0 Å². The van der Waals surface area contributed by atoms with Crippen molar-refractivity contribution >= 4 is 29.3 Å². The molecular weight excluding hydrogens is 247 g/mol. The van der Waals surface area contributed by atoms with Crippen LogP contribution in [0.15, 0.2) is 24.3 Å². The van der Waals surface area contributed by atoms with E-state index in [1.807, 2.05) is 24.3 Å². The Balaban J connectivity index is 1.94. The SMILES string of the molecule is Clc1cc(Cl)cc(C=CC[C]2OCCO2)c1. The number of rotatable bonds is 3. The topological polar surface area (TPSA) is 18.5 Å². The lowest BCUT2D eigenvalue weighted by Crippen LogP contribution is -1.93. The molecule has 0 spiro atoms. The molecule has 0 saturated carbocycles. The minimum Gasteiger partial charge on any atom is -0.343 e. The van der Waals surface area contributed by atoms with Crippen molar-refractivity contribution in [2.45, 2.75) is 6.42 Å². The first-order chi connectivity index (χ1) is 7.74. The summed E-state index contributed by atoms with van der Waals surface area (Å²) in [6.07, 6.45) is 5.23. The van der Waals surface area contributed by atoms with Gasteiger partial charge in [-0.2, -0.15) is 0 Å². The van der Waals surface area contributed by atoms with Gasteiger partial charge in [0, 0.05) is 16.5 Å². The largest absolute Gasteiger partial charge is 0.343 e. The summed E-state index contributed by atoms with van der Waals surface area (Å²) in [5, 5.41) is 1.27. The summed E-state index contributed by atoms with van der Waals surface area (Å²) in [5.74, 6) is 0. The highest BCUT2D eigenvalue weighted by atomic mass is 35.5. The predicted molar refractivity (Wildman–Crippen MR) is 65.3 cm³/mol. The molecule has 1 radical (unpaired) electrons. The lowest BCUT2D eigenvalue weighted by Gasteiger charge is -2.02. The van der Waals surface area contributed by atoms with E-state index in [0.29, 0.717) is 36.0 Å². The normalized spacial score (nSPS) is 17.4. The molecule has 1 aliphatic heterocycles. The zero-order chi connectivity index (χ0) is 11.4. The lowest BCUT2D eigenvalue weighted by molar-refractivity contribution is 0.0736. The van der Waals surface area contributed by atoms with Gasteiger partial charge in [-0.3, -0.25) is 0 Å². The fourth-order valence-electron chi connectivity index (χ4n) is 1.43. The summed E-state index contributed by atoms with van der Waals surface area (Å²) in [7, 11) is 0. The first kappa shape index (κ1) is 11.9. The van der Waals surface area contributed by atoms with Gasteiger partial charge >= 0.3 is 0 Å². The molecule has 1 aromatic rings. The Morgan fingerprint density at radius 1 is 1.06 bits per heavy atom. The van der Waals surface area contributed by atoms with Crippen LogP contribution in [-0.4, -0.2) is 13.2 Å². The molecular formula is C12H11Cl2O2. The second-order valence-corrected chi connectivity index (χ2v) is 4.25. The second-order valence-electron chi connectivity index (χ2n) is 3.38. The molecule has 0 aromatic heterocycles. The second kappa shape index (κ2) is 5.69. The van der Waals surface area contributed by atoms with Crippen LogP contribution >= 0.6 is 23.2 Å². The molecule has 2 nitrogen and oxygen atoms in total. The fraction of sp³-hybridized carbons (Fsp3) is 0.250. The van der Waals surface area contributed by atoms with E-state index in [-0.39, 0.29) is 0 Å². The highest BCUT2D eigenvalue weighted by molar-refractivity contribution is 6.34. The third-order valence-electron chi connectivity index (χ3n) is 2.09. The number of ether oxygens (including phenoxy) is 2. The zero-order valence-corrected chi connectivity index (χ0v) is 10.1. The average molecular weight is 258 g/mol. The maximum absolute atomic E-state index is 5.88. The highest BCUT2D eigenvalue weighted by Gasteiger charge is 2.15. The van der Waals surface area contributed by atoms with Crippen LogP contribution in [0.4, 0.5) is 0 Å². The minimum absolute atomic E-state index is 0.633. The van der Waals surface area contributed by atoms with Crippen molar-refractivity contribution in [3.05, 3.63) is 46.2 Å². The maximum atomic E-state index is 5.88. The van der Waals surface area contributed by atoms with Crippen molar-refractivity contribution in [3.63, 3.8) is 0 Å². The Labute approximate surface area is 105 Å². The summed E-state index contributed by atoms with van der Waals surface area (Å²) >= 11 is 11.8. The summed E-state index contributed by atoms with van der Waals surface area (Å²) in [4.78, 5) is 0. The van der Waals surface area contributed by atoms with E-state index in [2.05, 4.69) is 0 Å². The van der Waals surface area contributed by atoms with E-state index < -0.39 is 0 Å². The van der Waals surface area contributed by atoms with Gasteiger partial charge in [0.25, 0.3) is 0 Å². The van der Waals surface area contributed by atoms with Crippen LogP contribution < -0.4 is 0 Å². The highest BCUT2D eigenvalue weighted by Crippen LogP contribution is 2.21. The quantitative estimate of drug-likeness (QED) is 0.817. The van der Waals surface area contributed by atoms with Gasteiger partial charge in [-0.1, -0.05) is 35.4 Å². The van der Waals surface area contributed by atoms with Crippen molar-refractivity contribution in [2.75, 3.05) is 13.2 Å². The van der Waals surface area contributed by atoms with E-state index in [4.69, 9.17) is 32.7 Å². The molecule has 1 aromatic carbocycles. The first-order valence-corrected chi connectivity index (χ1v) is 5.74. The molecule has 85 valence electrons. The molecule has 0 unspecified atom stereocenters. The zero-order valence-electron chi connectivity index (χ0n) is 8.58. The predicted octanol–water partition coefficient (Wildman–Crippen LogP) is 3.93. The van der Waals surface area contributed by atoms with Crippen molar-refractivity contribution in [1.82, 2.24) is 0 Å². The van der Waals surface area contributed by atoms with Gasteiger partial charge in [-0.15, -0.1) is 0 Å². The minimum atomic E-state index is 0.633. The first-order valence-electron chi connectivity index (χ1n) is 4.98. The Morgan fingerprint density at radius 3 is 2.31 bits per heavy atom. The van der Waals surface area contributed by atoms with Crippen molar-refractivity contribution < 1.29 is 9.47 Å². The molecule has 1 aliphatic rings. The van der Waals surface area contributed by atoms with E-state index in [9.17, 15) is 0 Å². The molecule has 1 fully saturated rings. The van der Waals surface area contributed by atoms with Crippen LogP contribution in [0.5, 0.6) is 0 Å². The van der Waals surface area contributed by atoms with Gasteiger partial charge in [0.15, 0.2) is 0 Å². The van der Waals surface area contributed by atoms with E-state index in [1.165, 1.54) is 0 Å². The van der Waals surface area contributed by atoms with Crippen LogP contribution in [0.3, 0.4) is 0 Å². The smallest absolute Gasteiger partial charge is 0.227 e. The van der Waals surface area contributed by atoms with Crippen LogP contribution in [0, 0.1) is 6.29 Å². The lowest BCUT2D eigenvalue weighted by atomic mass is 10.2. The Bertz CT molecular complexity index is 364. The Morgan fingerprint density at radius 2 is 1.69 bits per heavy atom. The monoisotopic (exact) mass is 257 g/mol. The summed E-state index contributed by atoms with van der Waals surface area (Å²) in [6, 6.07) is 5.41. The maximum Gasteiger partial charge on any atom is 0.227 e. The number of hydrogen-bond donors (Lipinski definition) is 0. The van der Waals surface area contributed by atoms with Crippen molar-refractivity contribution in [2.24, 2.45) is 0 Å². The van der Waals surface area contributed by atoms with Crippen LogP contribution in [0.1, 0.15) is 12.0 Å². The third-order valence-corrected chi connectivity index (χ3v) is 2.53. The summed E-state index contributed by atoms with van der Waals surface area (Å²) < 4.78 is 10.5. The molecule has 1 heterocycles. The van der Waals surface area contributed by atoms with Gasteiger partial charge in [0.1, 0.15) is 0 Å². The molecule has 0 amide bonds. The molecule has 0 bridgehead atoms. The van der Waals surface area contributed by atoms with Crippen molar-refractivity contribution in [1.29, 1.82) is 0 Å². The molecule has 0 N–H and O–H groups in total. The van der Waals surface area contributed by atoms with Crippen LogP contribution in [0.25, 0.3) is 6.08 Å². The number of benzene rings is 1. The van der Waals surface area contributed by atoms with E-state index in [1.54, 1.807) is 6.07 Å². The number of halogens is 2. The molecule has 0 aliphatic carbocycles. The Kier molecular flexibility index (Phi) is 4.24. The summed E-state index contributed by atoms with van der Waals surface area (Å²) in [5.41, 5.74) is 0.969. The van der Waals surface area contributed by atoms with E-state index in [0.717, 1.165) is 5.56 Å². The number of hydrogen-bond acceptors (Lipinski definition) is 2. The van der Waals surface area contributed by atoms with Gasteiger partial charge in [-0.25, -0.2) is 0 Å². The standard InChI is InChI=1S/C12H11Cl2O2/c13-10-6-9(7-11(14)8-10)2-1-3-12-15-4-5-16-12/h1-2,6-8H,3-5H2. The molecule has 0 atom stereocenters. The van der Waals surface area contributed by atoms with Gasteiger partial charge in [0.2, 0.25) is 6.29 Å². The van der Waals surface area contributed by atoms with Gasteiger partial charge in [0.05, 0.1) is 13.2 Å². The van der Waals surface area contributed by atoms with Crippen molar-refractivity contribution in [3.8, 4) is 0 Å². The molecule has 1 saturated heterocycles. The molecule has 16 heavy (non-hydrogen) atoms. The summed E-state index contributed by atoms with van der Waals surface area (Å²) in [6.45, 7) is 1.29. The van der Waals surface area contributed by atoms with Gasteiger partial charge in [-0.05, 0) is 23.8 Å². The third kappa shape index (κ3) is 3.49.